The first kappa shape index (κ1) is 22.5. The molecule has 9 heteroatoms. The van der Waals surface area contributed by atoms with Crippen LogP contribution < -0.4 is 14.8 Å². The lowest BCUT2D eigenvalue weighted by Crippen LogP contribution is -2.49. The molecule has 1 amide bonds. The summed E-state index contributed by atoms with van der Waals surface area (Å²) in [6, 6.07) is 12.7. The molecule has 0 spiro atoms. The SMILES string of the molecule is CC(C)(Oc1ccccc1Oc1ccc([N+](=O)[O-])cc1)C(=O)NCCN1CCOCC1. The Labute approximate surface area is 181 Å². The Kier molecular flexibility index (Phi) is 7.43. The zero-order chi connectivity index (χ0) is 22.3. The van der Waals surface area contributed by atoms with E-state index in [1.165, 1.54) is 24.3 Å². The Morgan fingerprint density at radius 3 is 2.42 bits per heavy atom. The summed E-state index contributed by atoms with van der Waals surface area (Å²) < 4.78 is 17.2. The first-order valence-electron chi connectivity index (χ1n) is 10.1. The summed E-state index contributed by atoms with van der Waals surface area (Å²) in [5.74, 6) is 1.00. The molecule has 31 heavy (non-hydrogen) atoms. The zero-order valence-corrected chi connectivity index (χ0v) is 17.7. The van der Waals surface area contributed by atoms with E-state index in [9.17, 15) is 14.9 Å². The fraction of sp³-hybridized carbons (Fsp3) is 0.409. The molecule has 9 nitrogen and oxygen atoms in total. The molecule has 0 atom stereocenters. The molecule has 1 N–H and O–H groups in total. The van der Waals surface area contributed by atoms with Crippen molar-refractivity contribution in [2.45, 2.75) is 19.4 Å². The van der Waals surface area contributed by atoms with Gasteiger partial charge in [-0.3, -0.25) is 19.8 Å². The maximum Gasteiger partial charge on any atom is 0.269 e. The number of rotatable bonds is 9. The van der Waals surface area contributed by atoms with Crippen molar-refractivity contribution in [3.05, 3.63) is 58.6 Å². The van der Waals surface area contributed by atoms with Crippen LogP contribution in [0.4, 0.5) is 5.69 Å². The van der Waals surface area contributed by atoms with Crippen molar-refractivity contribution in [3.8, 4) is 17.2 Å². The van der Waals surface area contributed by atoms with Gasteiger partial charge in [0.05, 0.1) is 18.1 Å². The summed E-state index contributed by atoms with van der Waals surface area (Å²) in [6.07, 6.45) is 0. The number of hydrogen-bond acceptors (Lipinski definition) is 7. The molecule has 1 fully saturated rings. The minimum atomic E-state index is -1.13. The van der Waals surface area contributed by atoms with Crippen LogP contribution in [0.5, 0.6) is 17.2 Å². The number of nitro benzene ring substituents is 1. The predicted molar refractivity (Wildman–Crippen MR) is 115 cm³/mol. The lowest BCUT2D eigenvalue weighted by atomic mass is 10.1. The largest absolute Gasteiger partial charge is 0.474 e. The molecule has 166 valence electrons. The number of nitrogens with one attached hydrogen (secondary N) is 1. The van der Waals surface area contributed by atoms with E-state index in [0.29, 0.717) is 37.0 Å². The average Bonchev–Trinajstić information content (AvgIpc) is 2.76. The van der Waals surface area contributed by atoms with Crippen LogP contribution in [0.1, 0.15) is 13.8 Å². The number of nitrogens with zero attached hydrogens (tertiary/aromatic N) is 2. The summed E-state index contributed by atoms with van der Waals surface area (Å²) in [5, 5.41) is 13.7. The number of carbonyl (C=O) groups is 1. The van der Waals surface area contributed by atoms with Crippen molar-refractivity contribution < 1.29 is 23.9 Å². The van der Waals surface area contributed by atoms with E-state index in [2.05, 4.69) is 10.2 Å². The molecule has 1 aliphatic rings. The first-order valence-corrected chi connectivity index (χ1v) is 10.1. The van der Waals surface area contributed by atoms with Gasteiger partial charge in [0.2, 0.25) is 0 Å². The topological polar surface area (TPSA) is 103 Å². The van der Waals surface area contributed by atoms with E-state index >= 15 is 0 Å². The van der Waals surface area contributed by atoms with Gasteiger partial charge in [-0.15, -0.1) is 0 Å². The summed E-state index contributed by atoms with van der Waals surface area (Å²) in [7, 11) is 0. The molecular formula is C22H27N3O6. The number of non-ortho nitro benzene ring substituents is 1. The molecule has 3 rings (SSSR count). The molecule has 0 aromatic heterocycles. The van der Waals surface area contributed by atoms with E-state index in [0.717, 1.165) is 19.6 Å². The maximum absolute atomic E-state index is 12.7. The van der Waals surface area contributed by atoms with Crippen LogP contribution in [-0.2, 0) is 9.53 Å². The second kappa shape index (κ2) is 10.2. The molecule has 1 heterocycles. The van der Waals surface area contributed by atoms with Crippen LogP contribution >= 0.6 is 0 Å². The monoisotopic (exact) mass is 429 g/mol. The fourth-order valence-corrected chi connectivity index (χ4v) is 3.07. The summed E-state index contributed by atoms with van der Waals surface area (Å²) in [6.45, 7) is 7.82. The molecule has 1 saturated heterocycles. The third kappa shape index (κ3) is 6.40. The highest BCUT2D eigenvalue weighted by atomic mass is 16.6. The van der Waals surface area contributed by atoms with Crippen molar-refractivity contribution in [1.29, 1.82) is 0 Å². The maximum atomic E-state index is 12.7. The Balaban J connectivity index is 1.60. The van der Waals surface area contributed by atoms with Crippen molar-refractivity contribution in [3.63, 3.8) is 0 Å². The number of ether oxygens (including phenoxy) is 3. The van der Waals surface area contributed by atoms with E-state index < -0.39 is 10.5 Å². The van der Waals surface area contributed by atoms with Crippen molar-refractivity contribution in [1.82, 2.24) is 10.2 Å². The Bertz CT molecular complexity index is 894. The van der Waals surface area contributed by atoms with Crippen molar-refractivity contribution >= 4 is 11.6 Å². The van der Waals surface area contributed by atoms with E-state index in [4.69, 9.17) is 14.2 Å². The standard InChI is InChI=1S/C22H27N3O6/c1-22(2,21(26)23-11-12-24-13-15-29-16-14-24)31-20-6-4-3-5-19(20)30-18-9-7-17(8-10-18)25(27)28/h3-10H,11-16H2,1-2H3,(H,23,26). The normalized spacial score (nSPS) is 14.6. The number of carbonyl (C=O) groups excluding carboxylic acids is 1. The van der Waals surface area contributed by atoms with Crippen LogP contribution in [-0.4, -0.2) is 60.7 Å². The molecule has 2 aromatic rings. The third-order valence-corrected chi connectivity index (χ3v) is 4.85. The van der Waals surface area contributed by atoms with Crippen molar-refractivity contribution in [2.24, 2.45) is 0 Å². The number of para-hydroxylation sites is 2. The minimum absolute atomic E-state index is 0.0215. The zero-order valence-electron chi connectivity index (χ0n) is 17.7. The van der Waals surface area contributed by atoms with Gasteiger partial charge in [0.1, 0.15) is 5.75 Å². The number of benzene rings is 2. The molecule has 0 bridgehead atoms. The fourth-order valence-electron chi connectivity index (χ4n) is 3.07. The number of nitro groups is 1. The van der Waals surface area contributed by atoms with Gasteiger partial charge in [-0.2, -0.15) is 0 Å². The van der Waals surface area contributed by atoms with Gasteiger partial charge >= 0.3 is 0 Å². The van der Waals surface area contributed by atoms with Crippen LogP contribution in [0.25, 0.3) is 0 Å². The van der Waals surface area contributed by atoms with Crippen molar-refractivity contribution in [2.75, 3.05) is 39.4 Å². The van der Waals surface area contributed by atoms with Gasteiger partial charge in [0.25, 0.3) is 11.6 Å². The van der Waals surface area contributed by atoms with E-state index in [1.807, 2.05) is 0 Å². The van der Waals surface area contributed by atoms with Crippen LogP contribution in [0, 0.1) is 10.1 Å². The highest BCUT2D eigenvalue weighted by Gasteiger charge is 2.31. The lowest BCUT2D eigenvalue weighted by molar-refractivity contribution is -0.384. The number of morpholine rings is 1. The average molecular weight is 429 g/mol. The van der Waals surface area contributed by atoms with Gasteiger partial charge < -0.3 is 19.5 Å². The second-order valence-corrected chi connectivity index (χ2v) is 7.62. The molecule has 2 aromatic carbocycles. The first-order chi connectivity index (χ1) is 14.8. The van der Waals surface area contributed by atoms with Gasteiger partial charge in [-0.05, 0) is 38.1 Å². The van der Waals surface area contributed by atoms with Crippen LogP contribution in [0.2, 0.25) is 0 Å². The quantitative estimate of drug-likeness (QED) is 0.483. The van der Waals surface area contributed by atoms with Gasteiger partial charge in [-0.25, -0.2) is 0 Å². The minimum Gasteiger partial charge on any atom is -0.474 e. The van der Waals surface area contributed by atoms with Crippen LogP contribution in [0.3, 0.4) is 0 Å². The predicted octanol–water partition coefficient (Wildman–Crippen LogP) is 2.99. The van der Waals surface area contributed by atoms with Gasteiger partial charge in [0, 0.05) is 38.3 Å². The lowest BCUT2D eigenvalue weighted by Gasteiger charge is -2.29. The third-order valence-electron chi connectivity index (χ3n) is 4.85. The van der Waals surface area contributed by atoms with Gasteiger partial charge in [0.15, 0.2) is 17.1 Å². The van der Waals surface area contributed by atoms with Crippen LogP contribution in [0.15, 0.2) is 48.5 Å². The molecule has 0 saturated carbocycles. The second-order valence-electron chi connectivity index (χ2n) is 7.62. The molecule has 0 unspecified atom stereocenters. The highest BCUT2D eigenvalue weighted by molar-refractivity contribution is 5.84. The Morgan fingerprint density at radius 1 is 1.13 bits per heavy atom. The molecule has 0 aliphatic carbocycles. The van der Waals surface area contributed by atoms with E-state index in [-0.39, 0.29) is 11.6 Å². The summed E-state index contributed by atoms with van der Waals surface area (Å²) in [4.78, 5) is 25.3. The summed E-state index contributed by atoms with van der Waals surface area (Å²) >= 11 is 0. The number of hydrogen-bond donors (Lipinski definition) is 1. The molecule has 0 radical (unpaired) electrons. The van der Waals surface area contributed by atoms with Gasteiger partial charge in [-0.1, -0.05) is 12.1 Å². The smallest absolute Gasteiger partial charge is 0.269 e. The van der Waals surface area contributed by atoms with E-state index in [1.54, 1.807) is 38.1 Å². The molecular weight excluding hydrogens is 402 g/mol. The highest BCUT2D eigenvalue weighted by Crippen LogP contribution is 2.34. The Hall–Kier alpha value is -3.17. The summed E-state index contributed by atoms with van der Waals surface area (Å²) in [5.41, 5.74) is -1.15. The Morgan fingerprint density at radius 2 is 1.77 bits per heavy atom. The molecule has 1 aliphatic heterocycles. The number of amides is 1.